The van der Waals surface area contributed by atoms with Gasteiger partial charge in [-0.15, -0.1) is 0 Å². The van der Waals surface area contributed by atoms with E-state index in [0.29, 0.717) is 6.04 Å². The molecule has 0 aromatic carbocycles. The Balaban J connectivity index is 2.28. The number of hydrogen-bond acceptors (Lipinski definition) is 2. The van der Waals surface area contributed by atoms with Gasteiger partial charge >= 0.3 is 0 Å². The van der Waals surface area contributed by atoms with Crippen LogP contribution in [0.3, 0.4) is 0 Å². The van der Waals surface area contributed by atoms with Crippen LogP contribution in [0.25, 0.3) is 0 Å². The van der Waals surface area contributed by atoms with Gasteiger partial charge in [-0.25, -0.2) is 8.78 Å². The van der Waals surface area contributed by atoms with Gasteiger partial charge in [0.15, 0.2) is 0 Å². The Morgan fingerprint density at radius 2 is 2.20 bits per heavy atom. The molecule has 0 aromatic rings. The second kappa shape index (κ2) is 7.12. The van der Waals surface area contributed by atoms with Crippen molar-refractivity contribution in [3.63, 3.8) is 0 Å². The number of piperidine rings is 1. The highest BCUT2D eigenvalue weighted by atomic mass is 19.3. The fourth-order valence-corrected chi connectivity index (χ4v) is 2.16. The first-order valence-corrected chi connectivity index (χ1v) is 5.96. The number of rotatable bonds is 6. The normalized spacial score (nSPS) is 22.6. The van der Waals surface area contributed by atoms with Crippen molar-refractivity contribution in [2.45, 2.75) is 45.1 Å². The summed E-state index contributed by atoms with van der Waals surface area (Å²) in [7, 11) is 0. The maximum absolute atomic E-state index is 12.3. The summed E-state index contributed by atoms with van der Waals surface area (Å²) in [5.74, 6) is 0. The Morgan fingerprint density at radius 1 is 1.40 bits per heavy atom. The van der Waals surface area contributed by atoms with Gasteiger partial charge in [-0.3, -0.25) is 4.90 Å². The van der Waals surface area contributed by atoms with E-state index in [1.807, 2.05) is 11.8 Å². The molecule has 90 valence electrons. The molecule has 1 aliphatic rings. The standard InChI is InChI=1S/C11H22F2N2/c1-2-7-15(9-11(12)13)8-10-5-3-4-6-14-10/h10-11,14H,2-9H2,1H3. The van der Waals surface area contributed by atoms with Crippen molar-refractivity contribution in [1.29, 1.82) is 0 Å². The van der Waals surface area contributed by atoms with Crippen molar-refractivity contribution in [2.75, 3.05) is 26.2 Å². The van der Waals surface area contributed by atoms with Crippen molar-refractivity contribution in [1.82, 2.24) is 10.2 Å². The molecule has 1 fully saturated rings. The Kier molecular flexibility index (Phi) is 6.10. The maximum atomic E-state index is 12.3. The number of alkyl halides is 2. The van der Waals surface area contributed by atoms with Crippen LogP contribution < -0.4 is 5.32 Å². The number of hydrogen-bond donors (Lipinski definition) is 1. The lowest BCUT2D eigenvalue weighted by Gasteiger charge is -2.30. The van der Waals surface area contributed by atoms with Gasteiger partial charge in [-0.1, -0.05) is 13.3 Å². The summed E-state index contributed by atoms with van der Waals surface area (Å²) in [6, 6.07) is 0.420. The van der Waals surface area contributed by atoms with Crippen molar-refractivity contribution in [3.8, 4) is 0 Å². The zero-order valence-electron chi connectivity index (χ0n) is 9.51. The van der Waals surface area contributed by atoms with E-state index in [0.717, 1.165) is 32.5 Å². The monoisotopic (exact) mass is 220 g/mol. The minimum atomic E-state index is -2.21. The molecule has 1 unspecified atom stereocenters. The predicted molar refractivity (Wildman–Crippen MR) is 58.4 cm³/mol. The van der Waals surface area contributed by atoms with Crippen LogP contribution in [0.15, 0.2) is 0 Å². The van der Waals surface area contributed by atoms with Gasteiger partial charge in [0.2, 0.25) is 0 Å². The van der Waals surface area contributed by atoms with Gasteiger partial charge in [0.05, 0.1) is 6.54 Å². The van der Waals surface area contributed by atoms with Crippen molar-refractivity contribution in [3.05, 3.63) is 0 Å². The lowest BCUT2D eigenvalue weighted by molar-refractivity contribution is 0.0811. The molecular weight excluding hydrogens is 198 g/mol. The first kappa shape index (κ1) is 12.8. The number of nitrogens with one attached hydrogen (secondary N) is 1. The van der Waals surface area contributed by atoms with Crippen LogP contribution in [0, 0.1) is 0 Å². The zero-order valence-corrected chi connectivity index (χ0v) is 9.51. The molecule has 0 aromatic heterocycles. The second-order valence-corrected chi connectivity index (χ2v) is 4.30. The van der Waals surface area contributed by atoms with Gasteiger partial charge in [0.1, 0.15) is 0 Å². The summed E-state index contributed by atoms with van der Waals surface area (Å²) in [6.07, 6.45) is 2.31. The lowest BCUT2D eigenvalue weighted by Crippen LogP contribution is -2.45. The molecule has 1 rings (SSSR count). The molecule has 0 spiro atoms. The Hall–Kier alpha value is -0.220. The van der Waals surface area contributed by atoms with Crippen molar-refractivity contribution in [2.24, 2.45) is 0 Å². The molecule has 4 heteroatoms. The summed E-state index contributed by atoms with van der Waals surface area (Å²) in [4.78, 5) is 1.88. The van der Waals surface area contributed by atoms with E-state index >= 15 is 0 Å². The Labute approximate surface area is 91.0 Å². The first-order chi connectivity index (χ1) is 7.22. The molecule has 1 heterocycles. The van der Waals surface area contributed by atoms with E-state index < -0.39 is 6.43 Å². The molecule has 0 saturated carbocycles. The molecule has 0 radical (unpaired) electrons. The zero-order chi connectivity index (χ0) is 11.1. The van der Waals surface area contributed by atoms with E-state index in [1.54, 1.807) is 0 Å². The van der Waals surface area contributed by atoms with Crippen LogP contribution in [-0.4, -0.2) is 43.5 Å². The molecule has 2 nitrogen and oxygen atoms in total. The van der Waals surface area contributed by atoms with Crippen LogP contribution in [0.5, 0.6) is 0 Å². The maximum Gasteiger partial charge on any atom is 0.251 e. The first-order valence-electron chi connectivity index (χ1n) is 5.96. The smallest absolute Gasteiger partial charge is 0.251 e. The molecule has 0 amide bonds. The van der Waals surface area contributed by atoms with E-state index in [2.05, 4.69) is 5.32 Å². The fraction of sp³-hybridized carbons (Fsp3) is 1.00. The summed E-state index contributed by atoms with van der Waals surface area (Å²) in [6.45, 7) is 4.55. The molecule has 0 aliphatic carbocycles. The van der Waals surface area contributed by atoms with Gasteiger partial charge < -0.3 is 5.32 Å². The third-order valence-electron chi connectivity index (χ3n) is 2.83. The van der Waals surface area contributed by atoms with Gasteiger partial charge in [-0.05, 0) is 32.4 Å². The predicted octanol–water partition coefficient (Wildman–Crippen LogP) is 2.11. The third kappa shape index (κ3) is 5.42. The molecule has 1 aliphatic heterocycles. The van der Waals surface area contributed by atoms with Crippen molar-refractivity contribution >= 4 is 0 Å². The van der Waals surface area contributed by atoms with Crippen LogP contribution in [0.1, 0.15) is 32.6 Å². The minimum absolute atomic E-state index is 0.0774. The average molecular weight is 220 g/mol. The summed E-state index contributed by atoms with van der Waals surface area (Å²) in [5.41, 5.74) is 0. The molecule has 1 N–H and O–H groups in total. The highest BCUT2D eigenvalue weighted by Gasteiger charge is 2.18. The lowest BCUT2D eigenvalue weighted by atomic mass is 10.0. The van der Waals surface area contributed by atoms with E-state index in [4.69, 9.17) is 0 Å². The van der Waals surface area contributed by atoms with Crippen LogP contribution in [-0.2, 0) is 0 Å². The minimum Gasteiger partial charge on any atom is -0.313 e. The molecule has 1 atom stereocenters. The Morgan fingerprint density at radius 3 is 2.73 bits per heavy atom. The van der Waals surface area contributed by atoms with Crippen LogP contribution in [0.4, 0.5) is 8.78 Å². The summed E-state index contributed by atoms with van der Waals surface area (Å²) < 4.78 is 24.6. The average Bonchev–Trinajstić information content (AvgIpc) is 2.18. The van der Waals surface area contributed by atoms with Gasteiger partial charge in [-0.2, -0.15) is 0 Å². The van der Waals surface area contributed by atoms with E-state index in [-0.39, 0.29) is 6.54 Å². The van der Waals surface area contributed by atoms with Gasteiger partial charge in [0.25, 0.3) is 6.43 Å². The number of halogens is 2. The summed E-state index contributed by atoms with van der Waals surface area (Å²) in [5, 5.41) is 3.39. The molecule has 1 saturated heterocycles. The highest BCUT2D eigenvalue weighted by molar-refractivity contribution is 4.76. The summed E-state index contributed by atoms with van der Waals surface area (Å²) >= 11 is 0. The second-order valence-electron chi connectivity index (χ2n) is 4.30. The van der Waals surface area contributed by atoms with E-state index in [1.165, 1.54) is 12.8 Å². The quantitative estimate of drug-likeness (QED) is 0.737. The Bertz CT molecular complexity index is 159. The molecular formula is C11H22F2N2. The van der Waals surface area contributed by atoms with Crippen LogP contribution >= 0.6 is 0 Å². The highest BCUT2D eigenvalue weighted by Crippen LogP contribution is 2.09. The SMILES string of the molecule is CCCN(CC(F)F)CC1CCCCN1. The third-order valence-corrected chi connectivity index (χ3v) is 2.83. The number of nitrogens with zero attached hydrogens (tertiary/aromatic N) is 1. The molecule has 0 bridgehead atoms. The van der Waals surface area contributed by atoms with Crippen molar-refractivity contribution < 1.29 is 8.78 Å². The largest absolute Gasteiger partial charge is 0.313 e. The van der Waals surface area contributed by atoms with Gasteiger partial charge in [0, 0.05) is 12.6 Å². The fourth-order valence-electron chi connectivity index (χ4n) is 2.16. The van der Waals surface area contributed by atoms with E-state index in [9.17, 15) is 8.78 Å². The molecule has 15 heavy (non-hydrogen) atoms. The van der Waals surface area contributed by atoms with Crippen LogP contribution in [0.2, 0.25) is 0 Å². The topological polar surface area (TPSA) is 15.3 Å².